The van der Waals surface area contributed by atoms with Crippen LogP contribution in [0.5, 0.6) is 0 Å². The van der Waals surface area contributed by atoms with Crippen molar-refractivity contribution >= 4 is 11.6 Å². The molecule has 0 saturated heterocycles. The molecule has 5 nitrogen and oxygen atoms in total. The third kappa shape index (κ3) is 3.61. The molecule has 0 spiro atoms. The third-order valence-electron chi connectivity index (χ3n) is 4.64. The van der Waals surface area contributed by atoms with E-state index in [0.29, 0.717) is 24.6 Å². The number of allylic oxidation sites excluding steroid dienone is 1. The van der Waals surface area contributed by atoms with Crippen LogP contribution in [0.25, 0.3) is 5.70 Å². The lowest BCUT2D eigenvalue weighted by Crippen LogP contribution is -2.20. The van der Waals surface area contributed by atoms with Crippen LogP contribution in [0.15, 0.2) is 54.6 Å². The summed E-state index contributed by atoms with van der Waals surface area (Å²) >= 11 is 0. The molecular weight excluding hydrogens is 343 g/mol. The summed E-state index contributed by atoms with van der Waals surface area (Å²) in [6.45, 7) is 2.16. The smallest absolute Gasteiger partial charge is 0.226 e. The number of anilines is 1. The lowest BCUT2D eigenvalue weighted by Gasteiger charge is -2.24. The summed E-state index contributed by atoms with van der Waals surface area (Å²) in [6, 6.07) is 14.6. The maximum Gasteiger partial charge on any atom is 0.226 e. The Morgan fingerprint density at radius 2 is 1.85 bits per heavy atom. The van der Waals surface area contributed by atoms with Crippen LogP contribution in [-0.4, -0.2) is 26.5 Å². The number of aliphatic hydroxyl groups excluding tert-OH is 1. The van der Waals surface area contributed by atoms with E-state index < -0.39 is 0 Å². The highest BCUT2D eigenvalue weighted by molar-refractivity contribution is 5.77. The van der Waals surface area contributed by atoms with Crippen molar-refractivity contribution in [2.75, 3.05) is 11.9 Å². The first-order valence-electron chi connectivity index (χ1n) is 9.01. The Morgan fingerprint density at radius 3 is 2.56 bits per heavy atom. The first-order valence-corrected chi connectivity index (χ1v) is 9.01. The minimum Gasteiger partial charge on any atom is -0.396 e. The van der Waals surface area contributed by atoms with Gasteiger partial charge in [-0.25, -0.2) is 9.07 Å². The summed E-state index contributed by atoms with van der Waals surface area (Å²) in [5.74, 6) is 1.08. The van der Waals surface area contributed by atoms with Gasteiger partial charge in [-0.2, -0.15) is 10.1 Å². The molecule has 0 saturated carbocycles. The van der Waals surface area contributed by atoms with E-state index >= 15 is 0 Å². The van der Waals surface area contributed by atoms with Gasteiger partial charge in [-0.05, 0) is 54.8 Å². The lowest BCUT2D eigenvalue weighted by molar-refractivity contribution is 0.287. The Hall–Kier alpha value is -2.99. The molecule has 0 unspecified atom stereocenters. The van der Waals surface area contributed by atoms with Crippen molar-refractivity contribution in [3.63, 3.8) is 0 Å². The minimum atomic E-state index is -0.264. The van der Waals surface area contributed by atoms with Crippen molar-refractivity contribution in [1.29, 1.82) is 0 Å². The normalized spacial score (nSPS) is 15.8. The second-order valence-corrected chi connectivity index (χ2v) is 6.69. The Labute approximate surface area is 157 Å². The topological polar surface area (TPSA) is 63.0 Å². The van der Waals surface area contributed by atoms with Crippen LogP contribution in [0.4, 0.5) is 10.3 Å². The Bertz CT molecular complexity index is 961. The zero-order valence-corrected chi connectivity index (χ0v) is 15.1. The molecule has 6 heteroatoms. The quantitative estimate of drug-likeness (QED) is 0.725. The predicted molar refractivity (Wildman–Crippen MR) is 103 cm³/mol. The number of hydrogen-bond acceptors (Lipinski definition) is 4. The van der Waals surface area contributed by atoms with Crippen LogP contribution in [0.1, 0.15) is 35.0 Å². The van der Waals surface area contributed by atoms with Gasteiger partial charge in [0, 0.05) is 18.7 Å². The van der Waals surface area contributed by atoms with Crippen molar-refractivity contribution in [3.05, 3.63) is 82.9 Å². The van der Waals surface area contributed by atoms with Crippen LogP contribution in [0.2, 0.25) is 0 Å². The maximum absolute atomic E-state index is 13.3. The van der Waals surface area contributed by atoms with Gasteiger partial charge in [0.1, 0.15) is 11.9 Å². The summed E-state index contributed by atoms with van der Waals surface area (Å²) in [7, 11) is 0. The monoisotopic (exact) mass is 364 g/mol. The SMILES string of the molecule is Cc1ccc([C@@H]2C=C(c3ccc(F)cc3)Nc3nc(CCCO)nn32)cc1. The predicted octanol–water partition coefficient (Wildman–Crippen LogP) is 3.71. The van der Waals surface area contributed by atoms with Crippen LogP contribution in [0, 0.1) is 12.7 Å². The minimum absolute atomic E-state index is 0.109. The molecule has 3 aromatic rings. The highest BCUT2D eigenvalue weighted by atomic mass is 19.1. The van der Waals surface area contributed by atoms with Crippen molar-refractivity contribution in [3.8, 4) is 0 Å². The Morgan fingerprint density at radius 1 is 1.11 bits per heavy atom. The van der Waals surface area contributed by atoms with Gasteiger partial charge < -0.3 is 10.4 Å². The molecule has 2 heterocycles. The van der Waals surface area contributed by atoms with E-state index in [1.54, 1.807) is 12.1 Å². The summed E-state index contributed by atoms with van der Waals surface area (Å²) < 4.78 is 15.2. The van der Waals surface area contributed by atoms with Crippen molar-refractivity contribution in [1.82, 2.24) is 14.8 Å². The Kier molecular flexibility index (Phi) is 4.73. The third-order valence-corrected chi connectivity index (χ3v) is 4.64. The van der Waals surface area contributed by atoms with Gasteiger partial charge >= 0.3 is 0 Å². The van der Waals surface area contributed by atoms with E-state index in [2.05, 4.69) is 52.7 Å². The summed E-state index contributed by atoms with van der Waals surface area (Å²) in [5.41, 5.74) is 4.05. The fraction of sp³-hybridized carbons (Fsp3) is 0.238. The van der Waals surface area contributed by atoms with Crippen LogP contribution in [-0.2, 0) is 6.42 Å². The van der Waals surface area contributed by atoms with Gasteiger partial charge in [-0.15, -0.1) is 0 Å². The van der Waals surface area contributed by atoms with Crippen LogP contribution < -0.4 is 5.32 Å². The second-order valence-electron chi connectivity index (χ2n) is 6.69. The van der Waals surface area contributed by atoms with E-state index in [0.717, 1.165) is 16.8 Å². The standard InChI is InChI=1S/C21H21FN4O/c1-14-4-6-16(7-5-14)19-13-18(15-8-10-17(22)11-9-15)23-21-24-20(3-2-12-27)25-26(19)21/h4-11,13,19,27H,2-3,12H2,1H3,(H,23,24,25)/t19-/m0/s1. The molecule has 2 aromatic carbocycles. The van der Waals surface area contributed by atoms with Crippen molar-refractivity contribution < 1.29 is 9.50 Å². The van der Waals surface area contributed by atoms with E-state index in [4.69, 9.17) is 5.11 Å². The molecule has 0 bridgehead atoms. The van der Waals surface area contributed by atoms with E-state index in [9.17, 15) is 4.39 Å². The van der Waals surface area contributed by atoms with Gasteiger partial charge in [-0.1, -0.05) is 29.8 Å². The molecule has 1 aliphatic heterocycles. The fourth-order valence-electron chi connectivity index (χ4n) is 3.18. The van der Waals surface area contributed by atoms with E-state index in [1.165, 1.54) is 17.7 Å². The second kappa shape index (κ2) is 7.32. The van der Waals surface area contributed by atoms with Crippen molar-refractivity contribution in [2.45, 2.75) is 25.8 Å². The van der Waals surface area contributed by atoms with Gasteiger partial charge in [0.15, 0.2) is 5.82 Å². The van der Waals surface area contributed by atoms with Crippen LogP contribution in [0.3, 0.4) is 0 Å². The largest absolute Gasteiger partial charge is 0.396 e. The molecule has 0 radical (unpaired) electrons. The van der Waals surface area contributed by atoms with Gasteiger partial charge in [0.05, 0.1) is 0 Å². The molecule has 138 valence electrons. The number of benzene rings is 2. The molecule has 2 N–H and O–H groups in total. The highest BCUT2D eigenvalue weighted by Gasteiger charge is 2.25. The molecule has 0 aliphatic carbocycles. The first kappa shape index (κ1) is 17.4. The van der Waals surface area contributed by atoms with E-state index in [1.807, 2.05) is 4.68 Å². The summed E-state index contributed by atoms with van der Waals surface area (Å²) in [4.78, 5) is 4.59. The molecule has 4 rings (SSSR count). The first-order chi connectivity index (χ1) is 13.1. The molecule has 0 amide bonds. The van der Waals surface area contributed by atoms with Gasteiger partial charge in [0.25, 0.3) is 0 Å². The number of hydrogen-bond donors (Lipinski definition) is 2. The molecular formula is C21H21FN4O. The molecule has 1 aliphatic rings. The lowest BCUT2D eigenvalue weighted by atomic mass is 10.0. The number of nitrogens with one attached hydrogen (secondary N) is 1. The highest BCUT2D eigenvalue weighted by Crippen LogP contribution is 2.32. The van der Waals surface area contributed by atoms with Gasteiger partial charge in [0.2, 0.25) is 5.95 Å². The number of aromatic nitrogens is 3. The molecule has 1 atom stereocenters. The number of rotatable bonds is 5. The average molecular weight is 364 g/mol. The van der Waals surface area contributed by atoms with Crippen molar-refractivity contribution in [2.24, 2.45) is 0 Å². The number of halogens is 1. The number of aliphatic hydroxyl groups is 1. The number of aryl methyl sites for hydroxylation is 2. The summed E-state index contributed by atoms with van der Waals surface area (Å²) in [5, 5.41) is 17.0. The fourth-order valence-corrected chi connectivity index (χ4v) is 3.18. The summed E-state index contributed by atoms with van der Waals surface area (Å²) in [6.07, 6.45) is 3.32. The zero-order chi connectivity index (χ0) is 18.8. The number of fused-ring (bicyclic) bond motifs is 1. The zero-order valence-electron chi connectivity index (χ0n) is 15.1. The average Bonchev–Trinajstić information content (AvgIpc) is 3.10. The maximum atomic E-state index is 13.3. The van der Waals surface area contributed by atoms with Gasteiger partial charge in [-0.3, -0.25) is 0 Å². The number of nitrogens with zero attached hydrogens (tertiary/aromatic N) is 3. The molecule has 1 aromatic heterocycles. The molecule has 0 fully saturated rings. The van der Waals surface area contributed by atoms with Crippen LogP contribution >= 0.6 is 0 Å². The Balaban J connectivity index is 1.76. The molecule has 27 heavy (non-hydrogen) atoms. The van der Waals surface area contributed by atoms with E-state index in [-0.39, 0.29) is 18.5 Å².